The Labute approximate surface area is 85.0 Å². The number of hydrogen-bond acceptors (Lipinski definition) is 3. The summed E-state index contributed by atoms with van der Waals surface area (Å²) in [6, 6.07) is 0. The lowest BCUT2D eigenvalue weighted by molar-refractivity contribution is 0.600. The van der Waals surface area contributed by atoms with Gasteiger partial charge < -0.3 is 10.6 Å². The smallest absolute Gasteiger partial charge is 0.166 e. The molecule has 0 saturated heterocycles. The van der Waals surface area contributed by atoms with Crippen LogP contribution in [0, 0.1) is 0 Å². The van der Waals surface area contributed by atoms with Crippen molar-refractivity contribution in [3.05, 3.63) is 0 Å². The molecular formula is C7H16N2O2S2. The van der Waals surface area contributed by atoms with Gasteiger partial charge in [0, 0.05) is 19.3 Å². The van der Waals surface area contributed by atoms with Crippen molar-refractivity contribution in [3.8, 4) is 0 Å². The highest BCUT2D eigenvalue weighted by atomic mass is 32.2. The fraction of sp³-hybridized carbons (Fsp3) is 0.857. The topological polar surface area (TPSA) is 58.2 Å². The molecule has 0 bridgehead atoms. The van der Waals surface area contributed by atoms with Crippen LogP contribution in [0.15, 0.2) is 0 Å². The summed E-state index contributed by atoms with van der Waals surface area (Å²) in [6.07, 6.45) is 2.20. The Morgan fingerprint density at radius 1 is 1.31 bits per heavy atom. The van der Waals surface area contributed by atoms with Crippen molar-refractivity contribution in [2.24, 2.45) is 0 Å². The molecule has 0 atom stereocenters. The van der Waals surface area contributed by atoms with Crippen LogP contribution in [0.4, 0.5) is 0 Å². The molecule has 0 rings (SSSR count). The van der Waals surface area contributed by atoms with Crippen LogP contribution >= 0.6 is 12.2 Å². The molecule has 2 N–H and O–H groups in total. The van der Waals surface area contributed by atoms with Gasteiger partial charge in [-0.3, -0.25) is 0 Å². The summed E-state index contributed by atoms with van der Waals surface area (Å²) >= 11 is 4.89. The first kappa shape index (κ1) is 12.6. The summed E-state index contributed by atoms with van der Waals surface area (Å²) in [5.74, 6) is 0.112. The first-order chi connectivity index (χ1) is 5.95. The normalized spacial score (nSPS) is 10.9. The number of nitrogens with one attached hydrogen (secondary N) is 2. The standard InChI is InChI=1S/C7H16N2O2S2/c1-3-4-8-7(12)9-5-6-13(2,10)11/h3-6H2,1-2H3,(H2,8,9,12). The molecule has 0 aromatic heterocycles. The zero-order chi connectivity index (χ0) is 10.3. The minimum absolute atomic E-state index is 0.112. The number of sulfone groups is 1. The molecule has 0 spiro atoms. The molecule has 0 aromatic rings. The van der Waals surface area contributed by atoms with Gasteiger partial charge in [-0.05, 0) is 18.6 Å². The monoisotopic (exact) mass is 224 g/mol. The molecule has 6 heteroatoms. The summed E-state index contributed by atoms with van der Waals surface area (Å²) in [5.41, 5.74) is 0. The SMILES string of the molecule is CCCNC(=S)NCCS(C)(=O)=O. The molecular weight excluding hydrogens is 208 g/mol. The molecule has 0 saturated carbocycles. The molecule has 4 nitrogen and oxygen atoms in total. The summed E-state index contributed by atoms with van der Waals surface area (Å²) in [5, 5.41) is 6.28. The van der Waals surface area contributed by atoms with Gasteiger partial charge in [0.15, 0.2) is 5.11 Å². The van der Waals surface area contributed by atoms with E-state index in [0.717, 1.165) is 13.0 Å². The van der Waals surface area contributed by atoms with Crippen LogP contribution in [0.1, 0.15) is 13.3 Å². The van der Waals surface area contributed by atoms with Gasteiger partial charge in [0.25, 0.3) is 0 Å². The lowest BCUT2D eigenvalue weighted by Gasteiger charge is -2.08. The maximum atomic E-state index is 10.7. The van der Waals surface area contributed by atoms with Crippen molar-refractivity contribution >= 4 is 27.2 Å². The van der Waals surface area contributed by atoms with Crippen molar-refractivity contribution in [2.45, 2.75) is 13.3 Å². The fourth-order valence-electron chi connectivity index (χ4n) is 0.651. The van der Waals surface area contributed by atoms with E-state index >= 15 is 0 Å². The van der Waals surface area contributed by atoms with Gasteiger partial charge in [0.1, 0.15) is 9.84 Å². The van der Waals surface area contributed by atoms with Gasteiger partial charge in [-0.2, -0.15) is 0 Å². The highest BCUT2D eigenvalue weighted by molar-refractivity contribution is 7.90. The maximum absolute atomic E-state index is 10.7. The Morgan fingerprint density at radius 2 is 1.85 bits per heavy atom. The van der Waals surface area contributed by atoms with Crippen LogP contribution in [-0.2, 0) is 9.84 Å². The van der Waals surface area contributed by atoms with Crippen molar-refractivity contribution < 1.29 is 8.42 Å². The predicted molar refractivity (Wildman–Crippen MR) is 58.6 cm³/mol. The zero-order valence-electron chi connectivity index (χ0n) is 7.96. The van der Waals surface area contributed by atoms with E-state index in [1.807, 2.05) is 6.92 Å². The van der Waals surface area contributed by atoms with Gasteiger partial charge in [0.05, 0.1) is 5.75 Å². The molecule has 0 amide bonds. The maximum Gasteiger partial charge on any atom is 0.166 e. The van der Waals surface area contributed by atoms with Crippen LogP contribution < -0.4 is 10.6 Å². The highest BCUT2D eigenvalue weighted by Gasteiger charge is 2.01. The molecule has 0 heterocycles. The molecule has 0 aliphatic heterocycles. The second-order valence-corrected chi connectivity index (χ2v) is 5.48. The van der Waals surface area contributed by atoms with E-state index in [2.05, 4.69) is 10.6 Å². The van der Waals surface area contributed by atoms with E-state index in [1.165, 1.54) is 6.26 Å². The third-order valence-electron chi connectivity index (χ3n) is 1.29. The second-order valence-electron chi connectivity index (χ2n) is 2.81. The van der Waals surface area contributed by atoms with Gasteiger partial charge >= 0.3 is 0 Å². The summed E-state index contributed by atoms with van der Waals surface area (Å²) in [6.45, 7) is 3.21. The van der Waals surface area contributed by atoms with Crippen LogP contribution in [0.2, 0.25) is 0 Å². The van der Waals surface area contributed by atoms with E-state index in [4.69, 9.17) is 12.2 Å². The van der Waals surface area contributed by atoms with E-state index in [9.17, 15) is 8.42 Å². The predicted octanol–water partition coefficient (Wildman–Crippen LogP) is -0.0949. The minimum Gasteiger partial charge on any atom is -0.363 e. The highest BCUT2D eigenvalue weighted by Crippen LogP contribution is 1.79. The first-order valence-corrected chi connectivity index (χ1v) is 6.62. The van der Waals surface area contributed by atoms with Gasteiger partial charge in [-0.1, -0.05) is 6.92 Å². The van der Waals surface area contributed by atoms with E-state index in [1.54, 1.807) is 0 Å². The molecule has 13 heavy (non-hydrogen) atoms. The van der Waals surface area contributed by atoms with Crippen LogP contribution in [0.3, 0.4) is 0 Å². The van der Waals surface area contributed by atoms with Gasteiger partial charge in [-0.15, -0.1) is 0 Å². The Kier molecular flexibility index (Phi) is 5.98. The van der Waals surface area contributed by atoms with Gasteiger partial charge in [-0.25, -0.2) is 8.42 Å². The van der Waals surface area contributed by atoms with Crippen LogP contribution in [0.5, 0.6) is 0 Å². The first-order valence-electron chi connectivity index (χ1n) is 4.15. The van der Waals surface area contributed by atoms with E-state index in [0.29, 0.717) is 11.7 Å². The second kappa shape index (κ2) is 6.15. The summed E-state index contributed by atoms with van der Waals surface area (Å²) < 4.78 is 21.4. The van der Waals surface area contributed by atoms with Crippen molar-refractivity contribution in [1.82, 2.24) is 10.6 Å². The lowest BCUT2D eigenvalue weighted by atomic mass is 10.5. The van der Waals surface area contributed by atoms with Crippen molar-refractivity contribution in [1.29, 1.82) is 0 Å². The third kappa shape index (κ3) is 9.55. The average molecular weight is 224 g/mol. The molecule has 0 radical (unpaired) electrons. The summed E-state index contributed by atoms with van der Waals surface area (Å²) in [4.78, 5) is 0. The number of rotatable bonds is 5. The fourth-order valence-corrected chi connectivity index (χ4v) is 1.33. The van der Waals surface area contributed by atoms with Crippen molar-refractivity contribution in [3.63, 3.8) is 0 Å². The minimum atomic E-state index is -2.89. The Morgan fingerprint density at radius 3 is 2.31 bits per heavy atom. The Balaban J connectivity index is 3.49. The molecule has 78 valence electrons. The quantitative estimate of drug-likeness (QED) is 0.639. The average Bonchev–Trinajstić information content (AvgIpc) is 1.98. The van der Waals surface area contributed by atoms with Crippen molar-refractivity contribution in [2.75, 3.05) is 25.1 Å². The molecule has 0 unspecified atom stereocenters. The van der Waals surface area contributed by atoms with E-state index < -0.39 is 9.84 Å². The van der Waals surface area contributed by atoms with Gasteiger partial charge in [0.2, 0.25) is 0 Å². The molecule has 0 fully saturated rings. The Bertz CT molecular complexity index is 249. The Hall–Kier alpha value is -0.360. The number of hydrogen-bond donors (Lipinski definition) is 2. The molecule has 0 aromatic carbocycles. The van der Waals surface area contributed by atoms with E-state index in [-0.39, 0.29) is 5.75 Å². The number of thiocarbonyl (C=S) groups is 1. The third-order valence-corrected chi connectivity index (χ3v) is 2.53. The zero-order valence-corrected chi connectivity index (χ0v) is 9.59. The molecule has 0 aliphatic carbocycles. The van der Waals surface area contributed by atoms with Crippen LogP contribution in [0.25, 0.3) is 0 Å². The molecule has 0 aliphatic rings. The van der Waals surface area contributed by atoms with Crippen LogP contribution in [-0.4, -0.2) is 38.6 Å². The lowest BCUT2D eigenvalue weighted by Crippen LogP contribution is -2.37. The summed E-state index contributed by atoms with van der Waals surface area (Å²) in [7, 11) is -2.89. The largest absolute Gasteiger partial charge is 0.363 e.